The lowest BCUT2D eigenvalue weighted by Crippen LogP contribution is -2.46. The third kappa shape index (κ3) is 6.10. The highest BCUT2D eigenvalue weighted by atomic mass is 28.4. The monoisotopic (exact) mass is 678 g/mol. The molecule has 11 nitrogen and oxygen atoms in total. The van der Waals surface area contributed by atoms with Crippen molar-refractivity contribution in [2.24, 2.45) is 5.92 Å². The minimum Gasteiger partial charge on any atom is -0.432 e. The number of aliphatic hydroxyl groups is 1. The third-order valence-corrected chi connectivity index (χ3v) is 12.6. The Morgan fingerprint density at radius 1 is 1.08 bits per heavy atom. The fourth-order valence-electron chi connectivity index (χ4n) is 7.93. The van der Waals surface area contributed by atoms with E-state index in [9.17, 15) is 19.5 Å². The van der Waals surface area contributed by atoms with Crippen LogP contribution in [0, 0.1) is 5.92 Å². The number of fused-ring (bicyclic) bond motifs is 3. The van der Waals surface area contributed by atoms with Gasteiger partial charge in [-0.25, -0.2) is 0 Å². The van der Waals surface area contributed by atoms with Crippen molar-refractivity contribution in [1.29, 1.82) is 0 Å². The molecule has 254 valence electrons. The smallest absolute Gasteiger partial charge is 0.264 e. The van der Waals surface area contributed by atoms with Crippen molar-refractivity contribution in [3.05, 3.63) is 108 Å². The lowest BCUT2D eigenvalue weighted by Gasteiger charge is -2.32. The molecule has 0 aliphatic carbocycles. The predicted octanol–water partition coefficient (Wildman–Crippen LogP) is 4.91. The molecule has 4 atom stereocenters. The Morgan fingerprint density at radius 3 is 2.61 bits per heavy atom. The lowest BCUT2D eigenvalue weighted by molar-refractivity contribution is -0.146. The first kappa shape index (κ1) is 32.9. The van der Waals surface area contributed by atoms with E-state index in [0.29, 0.717) is 37.3 Å². The van der Waals surface area contributed by atoms with Gasteiger partial charge in [-0.3, -0.25) is 14.3 Å². The first-order valence-electron chi connectivity index (χ1n) is 16.8. The number of aryl methyl sites for hydroxylation is 1. The van der Waals surface area contributed by atoms with Gasteiger partial charge in [0.15, 0.2) is 13.9 Å². The van der Waals surface area contributed by atoms with E-state index >= 15 is 0 Å². The van der Waals surface area contributed by atoms with Crippen LogP contribution >= 0.6 is 0 Å². The second kappa shape index (κ2) is 13.0. The van der Waals surface area contributed by atoms with Crippen molar-refractivity contribution in [3.63, 3.8) is 0 Å². The normalized spacial score (nSPS) is 21.9. The molecule has 0 radical (unpaired) electrons. The molecule has 0 bridgehead atoms. The molecule has 7 rings (SSSR count). The quantitative estimate of drug-likeness (QED) is 0.145. The molecule has 2 amide bonds. The zero-order valence-electron chi connectivity index (χ0n) is 28.0. The number of carbonyl (C=O) groups excluding carboxylic acids is 2. The summed E-state index contributed by atoms with van der Waals surface area (Å²) < 4.78 is 8.64. The van der Waals surface area contributed by atoms with Crippen LogP contribution in [-0.4, -0.2) is 62.7 Å². The summed E-state index contributed by atoms with van der Waals surface area (Å²) in [6, 6.07) is 23.3. The third-order valence-electron chi connectivity index (χ3n) is 10.1. The number of amides is 2. The van der Waals surface area contributed by atoms with E-state index in [1.165, 1.54) is 0 Å². The largest absolute Gasteiger partial charge is 0.432 e. The number of hydrogen-bond acceptors (Lipinski definition) is 7. The molecule has 1 fully saturated rings. The molecule has 0 unspecified atom stereocenters. The second-order valence-corrected chi connectivity index (χ2v) is 17.8. The fourth-order valence-corrected chi connectivity index (χ4v) is 10.5. The first-order chi connectivity index (χ1) is 23.6. The number of para-hydroxylation sites is 2. The Labute approximate surface area is 286 Å². The van der Waals surface area contributed by atoms with Gasteiger partial charge in [-0.05, 0) is 54.9 Å². The molecule has 2 aliphatic heterocycles. The molecule has 4 N–H and O–H groups in total. The number of benzene rings is 3. The van der Waals surface area contributed by atoms with Crippen LogP contribution in [0.4, 0.5) is 11.4 Å². The summed E-state index contributed by atoms with van der Waals surface area (Å²) in [5.41, 5.74) is 4.46. The number of H-pyrrole nitrogens is 1. The Kier molecular flexibility index (Phi) is 8.74. The molecule has 3 aromatic carbocycles. The van der Waals surface area contributed by atoms with Gasteiger partial charge in [0, 0.05) is 65.6 Å². The summed E-state index contributed by atoms with van der Waals surface area (Å²) >= 11 is 0. The van der Waals surface area contributed by atoms with Crippen molar-refractivity contribution in [2.45, 2.75) is 69.6 Å². The number of nitrogens with one attached hydrogen (secondary N) is 2. The van der Waals surface area contributed by atoms with Gasteiger partial charge in [-0.2, -0.15) is 0 Å². The molecule has 2 aromatic heterocycles. The van der Waals surface area contributed by atoms with Gasteiger partial charge in [0.2, 0.25) is 5.91 Å². The number of carbonyl (C=O) groups is 2. The summed E-state index contributed by atoms with van der Waals surface area (Å²) in [6.45, 7) is 6.72. The number of rotatable bonds is 11. The molecule has 2 aliphatic rings. The number of aliphatic hydroxyl groups excluding tert-OH is 1. The summed E-state index contributed by atoms with van der Waals surface area (Å²) in [5.74, 6) is -0.503. The number of anilines is 2. The van der Waals surface area contributed by atoms with Crippen LogP contribution < -0.4 is 10.2 Å². The Morgan fingerprint density at radius 2 is 1.84 bits per heavy atom. The van der Waals surface area contributed by atoms with Gasteiger partial charge in [-0.15, -0.1) is 5.10 Å². The van der Waals surface area contributed by atoms with Crippen LogP contribution in [0.15, 0.2) is 85.2 Å². The van der Waals surface area contributed by atoms with Crippen LogP contribution in [0.3, 0.4) is 0 Å². The van der Waals surface area contributed by atoms with Crippen LogP contribution in [0.2, 0.25) is 18.6 Å². The molecule has 4 heterocycles. The number of nitrogens with zero attached hydrogens (tertiary/aromatic N) is 4. The van der Waals surface area contributed by atoms with E-state index in [1.54, 1.807) is 9.58 Å². The molecular formula is C37H42N6O5Si. The van der Waals surface area contributed by atoms with E-state index in [1.807, 2.05) is 105 Å². The van der Waals surface area contributed by atoms with Crippen molar-refractivity contribution in [2.75, 3.05) is 16.8 Å². The standard InChI is InChI=1S/C37H42N6O5Si/c1-24-35(49(2,3)47)33(16-18-42-23-28(17-19-44)40-41-42)48-37(24)30-9-5-7-11-32(30)43(36(37)46)22-25-12-14-27(15-13-25)39-34(45)20-26-21-38-31-10-6-4-8-29(26)31/h4-15,21,23-24,33,35,38,44,47H,16-20,22H2,1-3H3,(H,39,45)/t24-,33+,35-,37+/m1/s1. The average Bonchev–Trinajstić information content (AvgIpc) is 3.83. The molecule has 49 heavy (non-hydrogen) atoms. The van der Waals surface area contributed by atoms with Gasteiger partial charge in [0.1, 0.15) is 0 Å². The number of aromatic nitrogens is 4. The highest BCUT2D eigenvalue weighted by molar-refractivity contribution is 6.71. The van der Waals surface area contributed by atoms with Gasteiger partial charge in [0.05, 0.1) is 30.5 Å². The topological polar surface area (TPSA) is 146 Å². The van der Waals surface area contributed by atoms with Crippen molar-refractivity contribution in [1.82, 2.24) is 20.0 Å². The van der Waals surface area contributed by atoms with Gasteiger partial charge < -0.3 is 29.8 Å². The van der Waals surface area contributed by atoms with Gasteiger partial charge >= 0.3 is 0 Å². The van der Waals surface area contributed by atoms with Gasteiger partial charge in [0.25, 0.3) is 5.91 Å². The Hall–Kier alpha value is -4.62. The number of hydrogen-bond donors (Lipinski definition) is 4. The van der Waals surface area contributed by atoms with E-state index in [4.69, 9.17) is 4.74 Å². The highest BCUT2D eigenvalue weighted by Crippen LogP contribution is 2.59. The fraction of sp³-hybridized carbons (Fsp3) is 0.351. The van der Waals surface area contributed by atoms with E-state index in [0.717, 1.165) is 33.3 Å². The molecule has 1 saturated heterocycles. The van der Waals surface area contributed by atoms with Crippen LogP contribution in [-0.2, 0) is 45.9 Å². The minimum absolute atomic E-state index is 0.00205. The molecule has 12 heteroatoms. The maximum atomic E-state index is 14.6. The highest BCUT2D eigenvalue weighted by Gasteiger charge is 2.66. The zero-order valence-corrected chi connectivity index (χ0v) is 29.0. The SMILES string of the molecule is C[C@@H]1[C@@H]([Si](C)(C)O)[C@H](CCn2cc(CCO)nn2)O[C@@]12C(=O)N(Cc1ccc(NC(=O)Cc3c[nH]c4ccccc34)cc1)c1ccccc12. The summed E-state index contributed by atoms with van der Waals surface area (Å²) in [6.07, 6.45) is 4.57. The summed E-state index contributed by atoms with van der Waals surface area (Å²) in [5, 5.41) is 21.6. The van der Waals surface area contributed by atoms with Crippen molar-refractivity contribution < 1.29 is 24.2 Å². The van der Waals surface area contributed by atoms with Crippen molar-refractivity contribution in [3.8, 4) is 0 Å². The van der Waals surface area contributed by atoms with Gasteiger partial charge in [-0.1, -0.05) is 60.7 Å². The lowest BCUT2D eigenvalue weighted by atomic mass is 9.82. The second-order valence-electron chi connectivity index (χ2n) is 13.8. The Balaban J connectivity index is 1.08. The maximum Gasteiger partial charge on any atom is 0.264 e. The zero-order chi connectivity index (χ0) is 34.3. The summed E-state index contributed by atoms with van der Waals surface area (Å²) in [4.78, 5) is 44.1. The summed E-state index contributed by atoms with van der Waals surface area (Å²) in [7, 11) is -2.80. The van der Waals surface area contributed by atoms with Crippen LogP contribution in [0.5, 0.6) is 0 Å². The van der Waals surface area contributed by atoms with E-state index < -0.39 is 13.9 Å². The van der Waals surface area contributed by atoms with Crippen LogP contribution in [0.25, 0.3) is 10.9 Å². The van der Waals surface area contributed by atoms with E-state index in [2.05, 4.69) is 20.6 Å². The predicted molar refractivity (Wildman–Crippen MR) is 189 cm³/mol. The van der Waals surface area contributed by atoms with E-state index in [-0.39, 0.29) is 42.4 Å². The minimum atomic E-state index is -2.80. The number of ether oxygens (including phenoxy) is 1. The van der Waals surface area contributed by atoms with Crippen molar-refractivity contribution >= 4 is 42.4 Å². The molecule has 0 saturated carbocycles. The molecule has 1 spiro atoms. The first-order valence-corrected chi connectivity index (χ1v) is 19.9. The molecule has 5 aromatic rings. The Bertz CT molecular complexity index is 1980. The molecular weight excluding hydrogens is 637 g/mol. The maximum absolute atomic E-state index is 14.6. The van der Waals surface area contributed by atoms with Crippen LogP contribution in [0.1, 0.15) is 35.7 Å². The average molecular weight is 679 g/mol. The number of aromatic amines is 1.